The van der Waals surface area contributed by atoms with Crippen molar-refractivity contribution in [3.63, 3.8) is 0 Å². The number of nitrogens with zero attached hydrogens (tertiary/aromatic N) is 2. The van der Waals surface area contributed by atoms with Crippen molar-refractivity contribution >= 4 is 24.9 Å². The number of hydrogen-bond acceptors (Lipinski definition) is 9. The Balaban J connectivity index is 5.06. The van der Waals surface area contributed by atoms with E-state index >= 15 is 0 Å². The van der Waals surface area contributed by atoms with Crippen LogP contribution in [0, 0.1) is 0 Å². The Bertz CT molecular complexity index is 456. The molecule has 0 aromatic heterocycles. The number of aliphatic carboxylic acids is 1. The van der Waals surface area contributed by atoms with Gasteiger partial charge in [-0.3, -0.25) is 19.3 Å². The predicted molar refractivity (Wildman–Crippen MR) is 85.2 cm³/mol. The summed E-state index contributed by atoms with van der Waals surface area (Å²) in [4.78, 5) is 46.4. The second kappa shape index (κ2) is 12.9. The van der Waals surface area contributed by atoms with E-state index in [1.54, 1.807) is 11.8 Å². The molecule has 0 heterocycles. The smallest absolute Gasteiger partial charge is 0.333 e. The number of hydrogen-bond donors (Lipinski definition) is 1. The first-order valence-corrected chi connectivity index (χ1v) is 7.47. The van der Waals surface area contributed by atoms with Gasteiger partial charge in [0.25, 0.3) is 12.9 Å². The molecule has 25 heavy (non-hydrogen) atoms. The van der Waals surface area contributed by atoms with E-state index in [-0.39, 0.29) is 51.6 Å². The molecular formula is C15H24N2O8. The van der Waals surface area contributed by atoms with Gasteiger partial charge in [0.15, 0.2) is 0 Å². The van der Waals surface area contributed by atoms with Crippen LogP contribution in [0.2, 0.25) is 0 Å². The normalized spacial score (nSPS) is 11.7. The monoisotopic (exact) mass is 360 g/mol. The first kappa shape index (κ1) is 22.5. The fourth-order valence-corrected chi connectivity index (χ4v) is 1.87. The van der Waals surface area contributed by atoms with Gasteiger partial charge in [-0.25, -0.2) is 9.69 Å². The molecule has 10 nitrogen and oxygen atoms in total. The molecule has 0 saturated heterocycles. The standard InChI is InChI=1S/C15H24N2O8/c1-4-16(7-14(20)21)5-13(25-15(22)12(2)3)6-17(8-23-10-18)9-24-11-19/h10-11,13H,2,4-9H2,1,3H3,(H,20,21). The average molecular weight is 360 g/mol. The summed E-state index contributed by atoms with van der Waals surface area (Å²) in [7, 11) is 0. The van der Waals surface area contributed by atoms with Gasteiger partial charge in [0.2, 0.25) is 0 Å². The van der Waals surface area contributed by atoms with Crippen LogP contribution in [0.4, 0.5) is 0 Å². The average Bonchev–Trinajstić information content (AvgIpc) is 2.55. The van der Waals surface area contributed by atoms with E-state index in [1.165, 1.54) is 11.8 Å². The summed E-state index contributed by atoms with van der Waals surface area (Å²) >= 11 is 0. The van der Waals surface area contributed by atoms with Gasteiger partial charge >= 0.3 is 11.9 Å². The van der Waals surface area contributed by atoms with Crippen LogP contribution >= 0.6 is 0 Å². The number of likely N-dealkylation sites (N-methyl/N-ethyl adjacent to an activating group) is 1. The molecule has 0 saturated carbocycles. The zero-order valence-electron chi connectivity index (χ0n) is 14.4. The van der Waals surface area contributed by atoms with E-state index in [9.17, 15) is 19.2 Å². The number of esters is 1. The molecule has 142 valence electrons. The van der Waals surface area contributed by atoms with E-state index in [2.05, 4.69) is 16.1 Å². The summed E-state index contributed by atoms with van der Waals surface area (Å²) in [5, 5.41) is 8.92. The molecule has 0 fully saturated rings. The molecule has 0 bridgehead atoms. The Morgan fingerprint density at radius 1 is 1.12 bits per heavy atom. The second-order valence-corrected chi connectivity index (χ2v) is 5.17. The molecule has 0 rings (SSSR count). The SMILES string of the molecule is C=C(C)C(=O)OC(CN(COC=O)COC=O)CN(CC)CC(=O)O. The van der Waals surface area contributed by atoms with Gasteiger partial charge in [0.1, 0.15) is 19.6 Å². The van der Waals surface area contributed by atoms with Crippen LogP contribution in [0.15, 0.2) is 12.2 Å². The highest BCUT2D eigenvalue weighted by Crippen LogP contribution is 2.05. The van der Waals surface area contributed by atoms with Crippen LogP contribution < -0.4 is 0 Å². The van der Waals surface area contributed by atoms with E-state index in [1.807, 2.05) is 0 Å². The maximum Gasteiger partial charge on any atom is 0.333 e. The van der Waals surface area contributed by atoms with Crippen LogP contribution in [0.3, 0.4) is 0 Å². The number of carbonyl (C=O) groups excluding carboxylic acids is 3. The van der Waals surface area contributed by atoms with Crippen LogP contribution in [-0.4, -0.2) is 85.5 Å². The molecule has 0 aliphatic carbocycles. The van der Waals surface area contributed by atoms with E-state index in [0.717, 1.165) is 0 Å². The zero-order chi connectivity index (χ0) is 19.2. The molecule has 0 radical (unpaired) electrons. The van der Waals surface area contributed by atoms with Gasteiger partial charge < -0.3 is 19.3 Å². The van der Waals surface area contributed by atoms with Crippen molar-refractivity contribution in [2.24, 2.45) is 0 Å². The lowest BCUT2D eigenvalue weighted by Crippen LogP contribution is -2.45. The van der Waals surface area contributed by atoms with E-state index in [4.69, 9.17) is 9.84 Å². The number of ether oxygens (including phenoxy) is 3. The fourth-order valence-electron chi connectivity index (χ4n) is 1.87. The minimum atomic E-state index is -1.02. The topological polar surface area (TPSA) is 123 Å². The molecule has 1 atom stereocenters. The number of rotatable bonds is 15. The Hall–Kier alpha value is -2.46. The molecule has 0 spiro atoms. The van der Waals surface area contributed by atoms with Crippen molar-refractivity contribution < 1.29 is 38.5 Å². The highest BCUT2D eigenvalue weighted by molar-refractivity contribution is 5.87. The lowest BCUT2D eigenvalue weighted by Gasteiger charge is -2.29. The van der Waals surface area contributed by atoms with E-state index < -0.39 is 18.0 Å². The molecule has 0 aliphatic heterocycles. The summed E-state index contributed by atoms with van der Waals surface area (Å²) in [6.07, 6.45) is -0.756. The van der Waals surface area contributed by atoms with Gasteiger partial charge in [-0.1, -0.05) is 13.5 Å². The van der Waals surface area contributed by atoms with Crippen LogP contribution in [0.25, 0.3) is 0 Å². The van der Waals surface area contributed by atoms with Crippen LogP contribution in [0.5, 0.6) is 0 Å². The van der Waals surface area contributed by atoms with Crippen LogP contribution in [-0.2, 0) is 33.4 Å². The van der Waals surface area contributed by atoms with Crippen molar-refractivity contribution in [2.75, 3.05) is 39.6 Å². The van der Waals surface area contributed by atoms with Crippen molar-refractivity contribution in [2.45, 2.75) is 20.0 Å². The highest BCUT2D eigenvalue weighted by atomic mass is 16.6. The molecule has 0 aromatic carbocycles. The highest BCUT2D eigenvalue weighted by Gasteiger charge is 2.23. The van der Waals surface area contributed by atoms with Gasteiger partial charge in [-0.05, 0) is 13.5 Å². The summed E-state index contributed by atoms with van der Waals surface area (Å²) in [6.45, 7) is 7.19. The Morgan fingerprint density at radius 3 is 2.04 bits per heavy atom. The van der Waals surface area contributed by atoms with Crippen molar-refractivity contribution in [1.82, 2.24) is 9.80 Å². The van der Waals surface area contributed by atoms with Crippen LogP contribution in [0.1, 0.15) is 13.8 Å². The molecule has 1 unspecified atom stereocenters. The maximum atomic E-state index is 11.8. The number of carboxylic acids is 1. The Morgan fingerprint density at radius 2 is 1.64 bits per heavy atom. The van der Waals surface area contributed by atoms with Gasteiger partial charge in [0.05, 0.1) is 6.54 Å². The second-order valence-electron chi connectivity index (χ2n) is 5.17. The molecule has 1 N–H and O–H groups in total. The summed E-state index contributed by atoms with van der Waals surface area (Å²) in [5.74, 6) is -1.65. The number of carbonyl (C=O) groups is 4. The third-order valence-electron chi connectivity index (χ3n) is 3.00. The van der Waals surface area contributed by atoms with Crippen molar-refractivity contribution in [3.05, 3.63) is 12.2 Å². The third-order valence-corrected chi connectivity index (χ3v) is 3.00. The summed E-state index contributed by atoms with van der Waals surface area (Å²) < 4.78 is 14.6. The summed E-state index contributed by atoms with van der Waals surface area (Å²) in [5.41, 5.74) is 0.186. The molecule has 0 amide bonds. The maximum absolute atomic E-state index is 11.8. The Labute approximate surface area is 145 Å². The lowest BCUT2D eigenvalue weighted by molar-refractivity contribution is -0.154. The molecule has 0 aromatic rings. The number of carboxylic acid groups (broad SMARTS) is 1. The minimum Gasteiger partial charge on any atom is -0.480 e. The molecule has 10 heteroatoms. The van der Waals surface area contributed by atoms with E-state index in [0.29, 0.717) is 6.54 Å². The Kier molecular flexibility index (Phi) is 11.6. The molecular weight excluding hydrogens is 336 g/mol. The minimum absolute atomic E-state index is 0.0524. The fraction of sp³-hybridized carbons (Fsp3) is 0.600. The molecule has 0 aliphatic rings. The first-order valence-electron chi connectivity index (χ1n) is 7.47. The lowest BCUT2D eigenvalue weighted by atomic mass is 10.2. The van der Waals surface area contributed by atoms with Crippen molar-refractivity contribution in [1.29, 1.82) is 0 Å². The zero-order valence-corrected chi connectivity index (χ0v) is 14.4. The van der Waals surface area contributed by atoms with Gasteiger partial charge in [0, 0.05) is 18.7 Å². The van der Waals surface area contributed by atoms with Gasteiger partial charge in [-0.2, -0.15) is 0 Å². The van der Waals surface area contributed by atoms with Crippen molar-refractivity contribution in [3.8, 4) is 0 Å². The predicted octanol–water partition coefficient (Wildman–Crippen LogP) is -0.556. The van der Waals surface area contributed by atoms with Gasteiger partial charge in [-0.15, -0.1) is 0 Å². The largest absolute Gasteiger partial charge is 0.480 e. The first-order chi connectivity index (χ1) is 11.8. The third kappa shape index (κ3) is 10.8. The quantitative estimate of drug-likeness (QED) is 0.134. The summed E-state index contributed by atoms with van der Waals surface area (Å²) in [6, 6.07) is 0.